The number of rotatable bonds is 7. The lowest BCUT2D eigenvalue weighted by atomic mass is 9.94. The molecule has 2 aromatic rings. The number of esters is 1. The predicted molar refractivity (Wildman–Crippen MR) is 154 cm³/mol. The Morgan fingerprint density at radius 2 is 1.57 bits per heavy atom. The topological polar surface area (TPSA) is 106 Å². The molecule has 224 valence electrons. The third-order valence-corrected chi connectivity index (χ3v) is 8.62. The van der Waals surface area contributed by atoms with Gasteiger partial charge in [-0.2, -0.15) is 0 Å². The smallest absolute Gasteiger partial charge is 0.309 e. The average Bonchev–Trinajstić information content (AvgIpc) is 3.39. The van der Waals surface area contributed by atoms with Gasteiger partial charge in [0, 0.05) is 44.6 Å². The van der Waals surface area contributed by atoms with E-state index in [-0.39, 0.29) is 36.2 Å². The summed E-state index contributed by atoms with van der Waals surface area (Å²) in [6, 6.07) is 15.6. The number of carbonyl (C=O) groups is 4. The van der Waals surface area contributed by atoms with Crippen molar-refractivity contribution >= 4 is 23.7 Å². The van der Waals surface area contributed by atoms with Crippen LogP contribution in [0.3, 0.4) is 0 Å². The molecule has 0 saturated carbocycles. The molecule has 2 aromatic carbocycles. The molecule has 3 amide bonds. The van der Waals surface area contributed by atoms with E-state index in [2.05, 4.69) is 0 Å². The van der Waals surface area contributed by atoms with E-state index < -0.39 is 11.8 Å². The fourth-order valence-corrected chi connectivity index (χ4v) is 6.22. The van der Waals surface area contributed by atoms with E-state index in [4.69, 9.17) is 14.2 Å². The number of benzene rings is 2. The van der Waals surface area contributed by atoms with Crippen molar-refractivity contribution < 1.29 is 33.4 Å². The van der Waals surface area contributed by atoms with Gasteiger partial charge in [0.05, 0.1) is 32.7 Å². The second kappa shape index (κ2) is 12.9. The molecule has 10 nitrogen and oxygen atoms in total. The Bertz CT molecular complexity index is 1270. The van der Waals surface area contributed by atoms with Crippen LogP contribution < -0.4 is 4.74 Å². The van der Waals surface area contributed by atoms with Crippen molar-refractivity contribution in [1.29, 1.82) is 0 Å². The van der Waals surface area contributed by atoms with Crippen LogP contribution in [0, 0.1) is 5.92 Å². The van der Waals surface area contributed by atoms with Gasteiger partial charge in [0.2, 0.25) is 11.8 Å². The van der Waals surface area contributed by atoms with Crippen LogP contribution in [0.15, 0.2) is 54.6 Å². The van der Waals surface area contributed by atoms with E-state index in [1.807, 2.05) is 35.2 Å². The van der Waals surface area contributed by atoms with Gasteiger partial charge in [-0.1, -0.05) is 30.3 Å². The first-order valence-electron chi connectivity index (χ1n) is 14.7. The zero-order chi connectivity index (χ0) is 29.7. The van der Waals surface area contributed by atoms with E-state index in [1.54, 1.807) is 48.1 Å². The first-order chi connectivity index (χ1) is 20.3. The summed E-state index contributed by atoms with van der Waals surface area (Å²) in [6.45, 7) is 3.86. The maximum Gasteiger partial charge on any atom is 0.309 e. The quantitative estimate of drug-likeness (QED) is 0.466. The molecule has 0 unspecified atom stereocenters. The third kappa shape index (κ3) is 6.13. The Hall–Kier alpha value is -3.92. The van der Waals surface area contributed by atoms with Crippen molar-refractivity contribution in [2.24, 2.45) is 5.92 Å². The van der Waals surface area contributed by atoms with Crippen molar-refractivity contribution in [3.63, 3.8) is 0 Å². The van der Waals surface area contributed by atoms with Crippen molar-refractivity contribution in [2.45, 2.75) is 50.8 Å². The summed E-state index contributed by atoms with van der Waals surface area (Å²) in [4.78, 5) is 58.4. The number of hydrogen-bond acceptors (Lipinski definition) is 7. The Morgan fingerprint density at radius 3 is 2.19 bits per heavy atom. The molecule has 3 aliphatic rings. The highest BCUT2D eigenvalue weighted by Crippen LogP contribution is 2.39. The number of piperidine rings is 2. The monoisotopic (exact) mass is 577 g/mol. The number of hydrogen-bond donors (Lipinski definition) is 0. The van der Waals surface area contributed by atoms with Gasteiger partial charge in [0.1, 0.15) is 17.5 Å². The molecular formula is C32H39N3O7. The van der Waals surface area contributed by atoms with Gasteiger partial charge in [-0.25, -0.2) is 0 Å². The van der Waals surface area contributed by atoms with Gasteiger partial charge in [0.25, 0.3) is 5.91 Å². The van der Waals surface area contributed by atoms with Crippen molar-refractivity contribution in [1.82, 2.24) is 14.7 Å². The van der Waals surface area contributed by atoms with Gasteiger partial charge in [-0.05, 0) is 49.6 Å². The van der Waals surface area contributed by atoms with Gasteiger partial charge < -0.3 is 24.0 Å². The number of amides is 3. The molecule has 0 radical (unpaired) electrons. The minimum atomic E-state index is -0.996. The second-order valence-electron chi connectivity index (χ2n) is 11.1. The van der Waals surface area contributed by atoms with Crippen LogP contribution in [0.5, 0.6) is 5.75 Å². The summed E-state index contributed by atoms with van der Waals surface area (Å²) in [6.07, 6.45) is 2.17. The molecule has 3 saturated heterocycles. The van der Waals surface area contributed by atoms with Crippen molar-refractivity contribution in [2.75, 3.05) is 46.5 Å². The van der Waals surface area contributed by atoms with Crippen LogP contribution in [0.1, 0.15) is 48.5 Å². The summed E-state index contributed by atoms with van der Waals surface area (Å²) in [5.74, 6) is -0.273. The van der Waals surface area contributed by atoms with E-state index >= 15 is 0 Å². The molecule has 3 fully saturated rings. The second-order valence-corrected chi connectivity index (χ2v) is 11.1. The van der Waals surface area contributed by atoms with Crippen LogP contribution in [0.25, 0.3) is 0 Å². The molecule has 5 rings (SSSR count). The summed E-state index contributed by atoms with van der Waals surface area (Å²) in [7, 11) is 1.56. The fourth-order valence-electron chi connectivity index (χ4n) is 6.22. The number of ether oxygens (including phenoxy) is 3. The van der Waals surface area contributed by atoms with Gasteiger partial charge in [-0.15, -0.1) is 0 Å². The minimum Gasteiger partial charge on any atom is -0.497 e. The molecule has 1 atom stereocenters. The number of nitrogens with zero attached hydrogens (tertiary/aromatic N) is 3. The Morgan fingerprint density at radius 1 is 0.905 bits per heavy atom. The van der Waals surface area contributed by atoms with Crippen LogP contribution in [-0.4, -0.2) is 96.7 Å². The fraction of sp³-hybridized carbons (Fsp3) is 0.500. The number of likely N-dealkylation sites (tertiary alicyclic amines) is 2. The minimum absolute atomic E-state index is 0.0270. The highest BCUT2D eigenvalue weighted by molar-refractivity contribution is 5.98. The lowest BCUT2D eigenvalue weighted by Crippen LogP contribution is -2.60. The molecule has 10 heteroatoms. The van der Waals surface area contributed by atoms with Crippen LogP contribution >= 0.6 is 0 Å². The molecular weight excluding hydrogens is 538 g/mol. The summed E-state index contributed by atoms with van der Waals surface area (Å²) in [5.41, 5.74) is 0.389. The molecule has 0 aliphatic carbocycles. The van der Waals surface area contributed by atoms with E-state index in [9.17, 15) is 19.2 Å². The summed E-state index contributed by atoms with van der Waals surface area (Å²) < 4.78 is 16.8. The Kier molecular flexibility index (Phi) is 9.11. The molecule has 3 aliphatic heterocycles. The van der Waals surface area contributed by atoms with E-state index in [0.717, 1.165) is 5.56 Å². The predicted octanol–water partition coefficient (Wildman–Crippen LogP) is 2.90. The highest BCUT2D eigenvalue weighted by atomic mass is 16.5. The normalized spacial score (nSPS) is 20.4. The maximum atomic E-state index is 14.1. The van der Waals surface area contributed by atoms with Crippen LogP contribution in [-0.2, 0) is 30.3 Å². The first kappa shape index (κ1) is 29.6. The van der Waals surface area contributed by atoms with Crippen LogP contribution in [0.2, 0.25) is 0 Å². The standard InChI is InChI=1S/C32H39N3O7/c1-3-41-31(39)25-13-17-34(18-14-25)30(38)27-22-42-32(35(27)29(37)24-9-11-26(40-2)12-10-24)15-19-33(20-16-32)28(36)21-23-7-5-4-6-8-23/h4-12,25,27H,3,13-22H2,1-2H3/t27-/m0/s1. The van der Waals surface area contributed by atoms with Gasteiger partial charge in [-0.3, -0.25) is 24.1 Å². The molecule has 0 aromatic heterocycles. The van der Waals surface area contributed by atoms with Gasteiger partial charge in [0.15, 0.2) is 0 Å². The lowest BCUT2D eigenvalue weighted by Gasteiger charge is -2.45. The molecule has 0 bridgehead atoms. The van der Waals surface area contributed by atoms with E-state index in [0.29, 0.717) is 76.2 Å². The highest BCUT2D eigenvalue weighted by Gasteiger charge is 2.55. The maximum absolute atomic E-state index is 14.1. The molecule has 3 heterocycles. The van der Waals surface area contributed by atoms with Crippen molar-refractivity contribution in [3.05, 3.63) is 65.7 Å². The zero-order valence-electron chi connectivity index (χ0n) is 24.3. The zero-order valence-corrected chi connectivity index (χ0v) is 24.3. The number of methoxy groups -OCH3 is 1. The van der Waals surface area contributed by atoms with Crippen molar-refractivity contribution in [3.8, 4) is 5.75 Å². The first-order valence-corrected chi connectivity index (χ1v) is 14.7. The largest absolute Gasteiger partial charge is 0.497 e. The average molecular weight is 578 g/mol. The molecule has 0 N–H and O–H groups in total. The summed E-state index contributed by atoms with van der Waals surface area (Å²) in [5, 5.41) is 0. The molecule has 1 spiro atoms. The van der Waals surface area contributed by atoms with E-state index in [1.165, 1.54) is 0 Å². The molecule has 42 heavy (non-hydrogen) atoms. The summed E-state index contributed by atoms with van der Waals surface area (Å²) >= 11 is 0. The Balaban J connectivity index is 1.32. The van der Waals surface area contributed by atoms with Gasteiger partial charge >= 0.3 is 5.97 Å². The SMILES string of the molecule is CCOC(=O)C1CCN(C(=O)[C@@H]2COC3(CCN(C(=O)Cc4ccccc4)CC3)N2C(=O)c2ccc(OC)cc2)CC1. The lowest BCUT2D eigenvalue weighted by molar-refractivity contribution is -0.152. The number of carbonyl (C=O) groups excluding carboxylic acids is 4. The third-order valence-electron chi connectivity index (χ3n) is 8.62. The Labute approximate surface area is 246 Å². The van der Waals surface area contributed by atoms with Crippen LogP contribution in [0.4, 0.5) is 0 Å².